The average molecular weight is 336 g/mol. The van der Waals surface area contributed by atoms with E-state index in [-0.39, 0.29) is 0 Å². The molecular formula is C15H18BrN3O. The highest BCUT2D eigenvalue weighted by Crippen LogP contribution is 2.33. The van der Waals surface area contributed by atoms with Crippen molar-refractivity contribution < 1.29 is 4.74 Å². The van der Waals surface area contributed by atoms with Crippen LogP contribution >= 0.6 is 15.9 Å². The summed E-state index contributed by atoms with van der Waals surface area (Å²) in [7, 11) is 1.98. The Bertz CT molecular complexity index is 597. The molecule has 1 aliphatic rings. The van der Waals surface area contributed by atoms with Gasteiger partial charge in [-0.1, -0.05) is 15.9 Å². The Morgan fingerprint density at radius 1 is 1.45 bits per heavy atom. The zero-order valence-corrected chi connectivity index (χ0v) is 13.1. The first kappa shape index (κ1) is 13.6. The molecule has 1 atom stereocenters. The van der Waals surface area contributed by atoms with Gasteiger partial charge in [0.05, 0.1) is 6.61 Å². The van der Waals surface area contributed by atoms with E-state index >= 15 is 0 Å². The van der Waals surface area contributed by atoms with Crippen molar-refractivity contribution >= 4 is 15.9 Å². The van der Waals surface area contributed by atoms with Crippen molar-refractivity contribution in [2.45, 2.75) is 18.9 Å². The van der Waals surface area contributed by atoms with Crippen LogP contribution < -0.4 is 10.1 Å². The minimum absolute atomic E-state index is 0.365. The lowest BCUT2D eigenvalue weighted by Gasteiger charge is -2.27. The molecule has 20 heavy (non-hydrogen) atoms. The van der Waals surface area contributed by atoms with Crippen LogP contribution in [0.5, 0.6) is 5.75 Å². The van der Waals surface area contributed by atoms with Gasteiger partial charge in [0.25, 0.3) is 0 Å². The molecule has 0 radical (unpaired) electrons. The Balaban J connectivity index is 1.64. The molecule has 1 unspecified atom stereocenters. The largest absolute Gasteiger partial charge is 0.493 e. The Hall–Kier alpha value is -1.33. The van der Waals surface area contributed by atoms with E-state index in [2.05, 4.69) is 38.5 Å². The van der Waals surface area contributed by atoms with Crippen LogP contribution in [0.15, 0.2) is 34.9 Å². The summed E-state index contributed by atoms with van der Waals surface area (Å²) in [5, 5.41) is 7.82. The zero-order chi connectivity index (χ0) is 13.9. The number of benzene rings is 1. The van der Waals surface area contributed by atoms with E-state index in [1.807, 2.05) is 30.1 Å². The monoisotopic (exact) mass is 335 g/mol. The van der Waals surface area contributed by atoms with Gasteiger partial charge in [-0.25, -0.2) is 0 Å². The van der Waals surface area contributed by atoms with Crippen molar-refractivity contribution in [2.24, 2.45) is 7.05 Å². The molecular weight excluding hydrogens is 318 g/mol. The number of aromatic nitrogens is 2. The molecule has 106 valence electrons. The quantitative estimate of drug-likeness (QED) is 0.933. The predicted molar refractivity (Wildman–Crippen MR) is 81.9 cm³/mol. The lowest BCUT2D eigenvalue weighted by molar-refractivity contribution is 0.253. The second-order valence-corrected chi connectivity index (χ2v) is 5.94. The summed E-state index contributed by atoms with van der Waals surface area (Å²) in [6, 6.07) is 8.64. The van der Waals surface area contributed by atoms with Crippen LogP contribution in [-0.2, 0) is 13.5 Å². The maximum Gasteiger partial charge on any atom is 0.124 e. The third-order valence-electron chi connectivity index (χ3n) is 3.71. The van der Waals surface area contributed by atoms with E-state index in [4.69, 9.17) is 4.74 Å². The molecule has 0 saturated heterocycles. The molecule has 4 nitrogen and oxygen atoms in total. The fourth-order valence-electron chi connectivity index (χ4n) is 2.60. The van der Waals surface area contributed by atoms with Crippen LogP contribution in [-0.4, -0.2) is 22.9 Å². The van der Waals surface area contributed by atoms with E-state index < -0.39 is 0 Å². The van der Waals surface area contributed by atoms with Crippen molar-refractivity contribution in [1.29, 1.82) is 0 Å². The highest BCUT2D eigenvalue weighted by molar-refractivity contribution is 9.10. The molecule has 0 spiro atoms. The zero-order valence-electron chi connectivity index (χ0n) is 11.5. The lowest BCUT2D eigenvalue weighted by atomic mass is 10.0. The van der Waals surface area contributed by atoms with E-state index in [9.17, 15) is 0 Å². The number of hydrogen-bond acceptors (Lipinski definition) is 3. The van der Waals surface area contributed by atoms with Crippen LogP contribution in [0, 0.1) is 0 Å². The van der Waals surface area contributed by atoms with Crippen LogP contribution in [0.4, 0.5) is 0 Å². The summed E-state index contributed by atoms with van der Waals surface area (Å²) >= 11 is 3.53. The number of aryl methyl sites for hydroxylation is 1. The lowest BCUT2D eigenvalue weighted by Crippen LogP contribution is -2.29. The Morgan fingerprint density at radius 3 is 3.15 bits per heavy atom. The molecule has 0 fully saturated rings. The first-order chi connectivity index (χ1) is 9.74. The number of fused-ring (bicyclic) bond motifs is 1. The van der Waals surface area contributed by atoms with Crippen LogP contribution in [0.25, 0.3) is 0 Å². The number of rotatable bonds is 4. The SMILES string of the molecule is Cn1nccc1CCNC1CCOc2ccc(Br)cc21. The molecule has 2 heterocycles. The van der Waals surface area contributed by atoms with E-state index in [1.165, 1.54) is 11.3 Å². The minimum Gasteiger partial charge on any atom is -0.493 e. The first-order valence-corrected chi connectivity index (χ1v) is 7.66. The predicted octanol–water partition coefficient (Wildman–Crippen LogP) is 2.84. The highest BCUT2D eigenvalue weighted by atomic mass is 79.9. The van der Waals surface area contributed by atoms with Gasteiger partial charge in [0.2, 0.25) is 0 Å². The van der Waals surface area contributed by atoms with Crippen molar-refractivity contribution in [3.05, 3.63) is 46.2 Å². The topological polar surface area (TPSA) is 39.1 Å². The van der Waals surface area contributed by atoms with Gasteiger partial charge in [-0.2, -0.15) is 5.10 Å². The average Bonchev–Trinajstić information content (AvgIpc) is 2.85. The van der Waals surface area contributed by atoms with Gasteiger partial charge in [-0.15, -0.1) is 0 Å². The molecule has 3 rings (SSSR count). The van der Waals surface area contributed by atoms with E-state index in [0.29, 0.717) is 6.04 Å². The third kappa shape index (κ3) is 2.88. The number of hydrogen-bond donors (Lipinski definition) is 1. The molecule has 1 aliphatic heterocycles. The fraction of sp³-hybridized carbons (Fsp3) is 0.400. The smallest absolute Gasteiger partial charge is 0.124 e. The van der Waals surface area contributed by atoms with Gasteiger partial charge in [-0.05, 0) is 24.3 Å². The third-order valence-corrected chi connectivity index (χ3v) is 4.20. The summed E-state index contributed by atoms with van der Waals surface area (Å²) in [4.78, 5) is 0. The number of nitrogens with zero attached hydrogens (tertiary/aromatic N) is 2. The normalized spacial score (nSPS) is 17.6. The van der Waals surface area contributed by atoms with E-state index in [0.717, 1.165) is 36.2 Å². The summed E-state index contributed by atoms with van der Waals surface area (Å²) in [5.74, 6) is 0.998. The van der Waals surface area contributed by atoms with Gasteiger partial charge in [0, 0.05) is 54.4 Å². The Kier molecular flexibility index (Phi) is 4.08. The molecule has 2 aromatic rings. The molecule has 1 aromatic heterocycles. The minimum atomic E-state index is 0.365. The number of ether oxygens (including phenoxy) is 1. The van der Waals surface area contributed by atoms with E-state index in [1.54, 1.807) is 0 Å². The van der Waals surface area contributed by atoms with Gasteiger partial charge >= 0.3 is 0 Å². The molecule has 1 aromatic carbocycles. The van der Waals surface area contributed by atoms with Crippen LogP contribution in [0.1, 0.15) is 23.7 Å². The van der Waals surface area contributed by atoms with Gasteiger partial charge in [-0.3, -0.25) is 4.68 Å². The molecule has 0 saturated carbocycles. The van der Waals surface area contributed by atoms with Crippen molar-refractivity contribution in [3.8, 4) is 5.75 Å². The summed E-state index contributed by atoms with van der Waals surface area (Å²) in [6.45, 7) is 1.72. The standard InChI is InChI=1S/C15H18BrN3O/c1-19-12(5-8-18-19)4-7-17-14-6-9-20-15-3-2-11(16)10-13(14)15/h2-3,5,8,10,14,17H,4,6-7,9H2,1H3. The Labute approximate surface area is 127 Å². The Morgan fingerprint density at radius 2 is 2.35 bits per heavy atom. The van der Waals surface area contributed by atoms with Crippen molar-refractivity contribution in [1.82, 2.24) is 15.1 Å². The van der Waals surface area contributed by atoms with Crippen molar-refractivity contribution in [3.63, 3.8) is 0 Å². The molecule has 1 N–H and O–H groups in total. The highest BCUT2D eigenvalue weighted by Gasteiger charge is 2.21. The molecule has 0 amide bonds. The molecule has 0 bridgehead atoms. The second-order valence-electron chi connectivity index (χ2n) is 5.02. The van der Waals surface area contributed by atoms with Gasteiger partial charge in [0.15, 0.2) is 0 Å². The van der Waals surface area contributed by atoms with Crippen LogP contribution in [0.2, 0.25) is 0 Å². The maximum absolute atomic E-state index is 5.71. The summed E-state index contributed by atoms with van der Waals surface area (Å²) < 4.78 is 8.73. The fourth-order valence-corrected chi connectivity index (χ4v) is 2.98. The number of halogens is 1. The summed E-state index contributed by atoms with van der Waals surface area (Å²) in [6.07, 6.45) is 3.84. The van der Waals surface area contributed by atoms with Crippen molar-refractivity contribution in [2.75, 3.05) is 13.2 Å². The van der Waals surface area contributed by atoms with Gasteiger partial charge in [0.1, 0.15) is 5.75 Å². The van der Waals surface area contributed by atoms with Crippen LogP contribution in [0.3, 0.4) is 0 Å². The molecule has 0 aliphatic carbocycles. The van der Waals surface area contributed by atoms with Gasteiger partial charge < -0.3 is 10.1 Å². The maximum atomic E-state index is 5.71. The second kappa shape index (κ2) is 5.97. The first-order valence-electron chi connectivity index (χ1n) is 6.86. The number of nitrogens with one attached hydrogen (secondary N) is 1. The molecule has 5 heteroatoms. The summed E-state index contributed by atoms with van der Waals surface area (Å²) in [5.41, 5.74) is 2.50.